The summed E-state index contributed by atoms with van der Waals surface area (Å²) in [7, 11) is 0. The van der Waals surface area contributed by atoms with Gasteiger partial charge in [0.25, 0.3) is 0 Å². The van der Waals surface area contributed by atoms with Gasteiger partial charge in [-0.05, 0) is 18.4 Å². The molecule has 6 nitrogen and oxygen atoms in total. The van der Waals surface area contributed by atoms with Crippen LogP contribution in [0.4, 0.5) is 5.82 Å². The summed E-state index contributed by atoms with van der Waals surface area (Å²) in [5, 5.41) is 22.0. The SMILES string of the molecule is CCC(CO)(CO)NCC1=CCc2c(N)ncnc21. The zero-order valence-corrected chi connectivity index (χ0v) is 11.1. The maximum atomic E-state index is 9.40. The number of anilines is 1. The van der Waals surface area contributed by atoms with Gasteiger partial charge in [0.15, 0.2) is 0 Å². The Balaban J connectivity index is 2.09. The maximum absolute atomic E-state index is 9.40. The topological polar surface area (TPSA) is 104 Å². The molecule has 0 atom stereocenters. The molecule has 6 heteroatoms. The van der Waals surface area contributed by atoms with Gasteiger partial charge in [0.1, 0.15) is 12.1 Å². The summed E-state index contributed by atoms with van der Waals surface area (Å²) in [6.07, 6.45) is 4.89. The van der Waals surface area contributed by atoms with Gasteiger partial charge in [-0.3, -0.25) is 0 Å². The number of nitrogens with one attached hydrogen (secondary N) is 1. The largest absolute Gasteiger partial charge is 0.394 e. The number of hydrogen-bond acceptors (Lipinski definition) is 6. The van der Waals surface area contributed by atoms with Crippen LogP contribution in [-0.2, 0) is 6.42 Å². The fraction of sp³-hybridized carbons (Fsp3) is 0.538. The Morgan fingerprint density at radius 2 is 2.11 bits per heavy atom. The average molecular weight is 264 g/mol. The first-order chi connectivity index (χ1) is 9.15. The molecule has 0 aromatic carbocycles. The lowest BCUT2D eigenvalue weighted by molar-refractivity contribution is 0.0913. The maximum Gasteiger partial charge on any atom is 0.130 e. The number of aliphatic hydroxyl groups excluding tert-OH is 2. The third kappa shape index (κ3) is 2.60. The summed E-state index contributed by atoms with van der Waals surface area (Å²) >= 11 is 0. The van der Waals surface area contributed by atoms with Crippen LogP contribution < -0.4 is 11.1 Å². The third-order valence-electron chi connectivity index (χ3n) is 3.77. The minimum atomic E-state index is -0.651. The highest BCUT2D eigenvalue weighted by Gasteiger charge is 2.27. The lowest BCUT2D eigenvalue weighted by Crippen LogP contribution is -2.51. The van der Waals surface area contributed by atoms with E-state index in [-0.39, 0.29) is 13.2 Å². The van der Waals surface area contributed by atoms with Gasteiger partial charge in [-0.1, -0.05) is 13.0 Å². The van der Waals surface area contributed by atoms with E-state index < -0.39 is 5.54 Å². The predicted octanol–water partition coefficient (Wildman–Crippen LogP) is -0.279. The molecule has 5 N–H and O–H groups in total. The molecule has 2 rings (SSSR count). The molecule has 0 fully saturated rings. The van der Waals surface area contributed by atoms with Gasteiger partial charge in [0.2, 0.25) is 0 Å². The van der Waals surface area contributed by atoms with E-state index in [0.29, 0.717) is 18.8 Å². The minimum absolute atomic E-state index is 0.105. The lowest BCUT2D eigenvalue weighted by Gasteiger charge is -2.30. The van der Waals surface area contributed by atoms with E-state index in [1.807, 2.05) is 6.92 Å². The van der Waals surface area contributed by atoms with Gasteiger partial charge in [-0.15, -0.1) is 0 Å². The van der Waals surface area contributed by atoms with Gasteiger partial charge in [-0.25, -0.2) is 9.97 Å². The Hall–Kier alpha value is -1.50. The third-order valence-corrected chi connectivity index (χ3v) is 3.77. The zero-order valence-electron chi connectivity index (χ0n) is 11.1. The van der Waals surface area contributed by atoms with E-state index in [1.54, 1.807) is 0 Å². The second-order valence-corrected chi connectivity index (χ2v) is 4.82. The van der Waals surface area contributed by atoms with Crippen molar-refractivity contribution in [2.24, 2.45) is 0 Å². The fourth-order valence-electron chi connectivity index (χ4n) is 2.17. The first kappa shape index (κ1) is 13.9. The predicted molar refractivity (Wildman–Crippen MR) is 73.3 cm³/mol. The number of aromatic nitrogens is 2. The number of rotatable bonds is 6. The number of nitrogens with two attached hydrogens (primary N) is 1. The van der Waals surface area contributed by atoms with E-state index in [2.05, 4.69) is 21.4 Å². The molecule has 0 unspecified atom stereocenters. The lowest BCUT2D eigenvalue weighted by atomic mass is 9.98. The Morgan fingerprint density at radius 3 is 2.74 bits per heavy atom. The molecule has 0 saturated heterocycles. The molecule has 0 bridgehead atoms. The molecule has 1 heterocycles. The van der Waals surface area contributed by atoms with Crippen molar-refractivity contribution in [3.8, 4) is 0 Å². The quantitative estimate of drug-likeness (QED) is 0.563. The van der Waals surface area contributed by atoms with Crippen molar-refractivity contribution >= 4 is 11.4 Å². The molecule has 104 valence electrons. The summed E-state index contributed by atoms with van der Waals surface area (Å²) in [4.78, 5) is 8.23. The van der Waals surface area contributed by atoms with Crippen LogP contribution in [0.5, 0.6) is 0 Å². The van der Waals surface area contributed by atoms with E-state index in [1.165, 1.54) is 6.33 Å². The molecule has 19 heavy (non-hydrogen) atoms. The summed E-state index contributed by atoms with van der Waals surface area (Å²) < 4.78 is 0. The van der Waals surface area contributed by atoms with Crippen LogP contribution in [0.1, 0.15) is 24.6 Å². The van der Waals surface area contributed by atoms with Gasteiger partial charge in [-0.2, -0.15) is 0 Å². The zero-order chi connectivity index (χ0) is 13.9. The summed E-state index contributed by atoms with van der Waals surface area (Å²) in [6.45, 7) is 2.26. The van der Waals surface area contributed by atoms with Crippen LogP contribution >= 0.6 is 0 Å². The first-order valence-electron chi connectivity index (χ1n) is 6.41. The Kier molecular flexibility index (Phi) is 4.14. The van der Waals surface area contributed by atoms with E-state index in [9.17, 15) is 10.2 Å². The van der Waals surface area contributed by atoms with Crippen molar-refractivity contribution in [2.75, 3.05) is 25.5 Å². The second kappa shape index (κ2) is 5.64. The number of allylic oxidation sites excluding steroid dienone is 1. The highest BCUT2D eigenvalue weighted by Crippen LogP contribution is 2.28. The molecule has 0 amide bonds. The minimum Gasteiger partial charge on any atom is -0.394 e. The molecular weight excluding hydrogens is 244 g/mol. The number of nitrogens with zero attached hydrogens (tertiary/aromatic N) is 2. The van der Waals surface area contributed by atoms with Crippen molar-refractivity contribution in [2.45, 2.75) is 25.3 Å². The number of nitrogen functional groups attached to an aromatic ring is 1. The summed E-state index contributed by atoms with van der Waals surface area (Å²) in [5.74, 6) is 0.516. The Morgan fingerprint density at radius 1 is 1.37 bits per heavy atom. The van der Waals surface area contributed by atoms with Crippen LogP contribution in [0, 0.1) is 0 Å². The number of hydrogen-bond donors (Lipinski definition) is 4. The summed E-state index contributed by atoms with van der Waals surface area (Å²) in [5.41, 5.74) is 8.01. The van der Waals surface area contributed by atoms with Gasteiger partial charge in [0, 0.05) is 12.1 Å². The van der Waals surface area contributed by atoms with E-state index in [0.717, 1.165) is 23.3 Å². The molecular formula is C13H20N4O2. The molecule has 1 aromatic rings. The van der Waals surface area contributed by atoms with Gasteiger partial charge in [0.05, 0.1) is 24.4 Å². The van der Waals surface area contributed by atoms with Crippen molar-refractivity contribution in [3.63, 3.8) is 0 Å². The molecule has 0 spiro atoms. The van der Waals surface area contributed by atoms with Crippen molar-refractivity contribution in [3.05, 3.63) is 23.7 Å². The van der Waals surface area contributed by atoms with E-state index in [4.69, 9.17) is 5.73 Å². The Bertz CT molecular complexity index is 475. The summed E-state index contributed by atoms with van der Waals surface area (Å²) in [6, 6.07) is 0. The van der Waals surface area contributed by atoms with Crippen molar-refractivity contribution < 1.29 is 10.2 Å². The van der Waals surface area contributed by atoms with E-state index >= 15 is 0 Å². The highest BCUT2D eigenvalue weighted by molar-refractivity contribution is 5.74. The van der Waals surface area contributed by atoms with Crippen molar-refractivity contribution in [1.82, 2.24) is 15.3 Å². The standard InChI is InChI=1S/C13H20N4O2/c1-2-13(6-18,7-19)17-5-9-3-4-10-11(9)15-8-16-12(10)14/h3,8,17-19H,2,4-7H2,1H3,(H2,14,15,16). The molecule has 1 aliphatic rings. The number of fused-ring (bicyclic) bond motifs is 1. The fourth-order valence-corrected chi connectivity index (χ4v) is 2.17. The molecule has 0 saturated carbocycles. The Labute approximate surface area is 112 Å². The van der Waals surface area contributed by atoms with Crippen LogP contribution in [0.3, 0.4) is 0 Å². The second-order valence-electron chi connectivity index (χ2n) is 4.82. The molecule has 0 radical (unpaired) electrons. The molecule has 1 aliphatic carbocycles. The molecule has 0 aliphatic heterocycles. The van der Waals surface area contributed by atoms with Crippen molar-refractivity contribution in [1.29, 1.82) is 0 Å². The van der Waals surface area contributed by atoms with Crippen LogP contribution in [0.2, 0.25) is 0 Å². The highest BCUT2D eigenvalue weighted by atomic mass is 16.3. The monoisotopic (exact) mass is 264 g/mol. The van der Waals surface area contributed by atoms with Gasteiger partial charge < -0.3 is 21.3 Å². The average Bonchev–Trinajstić information content (AvgIpc) is 2.86. The van der Waals surface area contributed by atoms with Gasteiger partial charge >= 0.3 is 0 Å². The first-order valence-corrected chi connectivity index (χ1v) is 6.41. The normalized spacial score (nSPS) is 14.4. The van der Waals surface area contributed by atoms with Crippen LogP contribution in [-0.4, -0.2) is 45.5 Å². The van der Waals surface area contributed by atoms with Crippen LogP contribution in [0.15, 0.2) is 12.4 Å². The molecule has 1 aromatic heterocycles. The number of aliphatic hydroxyl groups is 2. The smallest absolute Gasteiger partial charge is 0.130 e. The van der Waals surface area contributed by atoms with Crippen LogP contribution in [0.25, 0.3) is 5.57 Å².